The van der Waals surface area contributed by atoms with Crippen LogP contribution in [0.15, 0.2) is 58.4 Å². The SMILES string of the molecule is Cc1ccc(C(C)C)cc1OCC(=O)N/N=C\c1cc2ccccc2[nH]c1=O. The molecule has 0 fully saturated rings. The number of carbonyl (C=O) groups excluding carboxylic acids is 1. The summed E-state index contributed by atoms with van der Waals surface area (Å²) >= 11 is 0. The van der Waals surface area contributed by atoms with E-state index >= 15 is 0 Å². The number of aromatic amines is 1. The Bertz CT molecular complexity index is 1080. The van der Waals surface area contributed by atoms with Crippen molar-refractivity contribution in [1.29, 1.82) is 0 Å². The van der Waals surface area contributed by atoms with E-state index in [4.69, 9.17) is 4.74 Å². The van der Waals surface area contributed by atoms with Crippen LogP contribution >= 0.6 is 0 Å². The summed E-state index contributed by atoms with van der Waals surface area (Å²) in [6.07, 6.45) is 1.33. The van der Waals surface area contributed by atoms with E-state index in [-0.39, 0.29) is 12.2 Å². The van der Waals surface area contributed by atoms with Crippen molar-refractivity contribution >= 4 is 23.0 Å². The molecule has 6 heteroatoms. The first kappa shape index (κ1) is 19.4. The van der Waals surface area contributed by atoms with E-state index in [1.54, 1.807) is 6.07 Å². The predicted molar refractivity (Wildman–Crippen MR) is 111 cm³/mol. The Balaban J connectivity index is 1.61. The van der Waals surface area contributed by atoms with Crippen molar-refractivity contribution in [1.82, 2.24) is 10.4 Å². The third-order valence-corrected chi connectivity index (χ3v) is 4.41. The number of H-pyrrole nitrogens is 1. The van der Waals surface area contributed by atoms with Crippen molar-refractivity contribution in [3.8, 4) is 5.75 Å². The van der Waals surface area contributed by atoms with Crippen LogP contribution in [0.25, 0.3) is 10.9 Å². The van der Waals surface area contributed by atoms with Crippen molar-refractivity contribution < 1.29 is 9.53 Å². The average molecular weight is 377 g/mol. The molecule has 1 heterocycles. The molecule has 2 N–H and O–H groups in total. The number of hydrogen-bond acceptors (Lipinski definition) is 4. The Morgan fingerprint density at radius 1 is 1.21 bits per heavy atom. The van der Waals surface area contributed by atoms with E-state index in [9.17, 15) is 9.59 Å². The number of hydrazone groups is 1. The summed E-state index contributed by atoms with van der Waals surface area (Å²) in [7, 11) is 0. The van der Waals surface area contributed by atoms with Crippen molar-refractivity contribution in [2.75, 3.05) is 6.61 Å². The van der Waals surface area contributed by atoms with Crippen LogP contribution in [0, 0.1) is 6.92 Å². The third kappa shape index (κ3) is 4.65. The number of pyridine rings is 1. The molecular formula is C22H23N3O3. The fraction of sp³-hybridized carbons (Fsp3) is 0.227. The molecule has 0 aliphatic rings. The normalized spacial score (nSPS) is 11.3. The number of para-hydroxylation sites is 1. The molecule has 1 aromatic heterocycles. The second kappa shape index (κ2) is 8.52. The lowest BCUT2D eigenvalue weighted by atomic mass is 10.0. The number of aryl methyl sites for hydroxylation is 1. The summed E-state index contributed by atoms with van der Waals surface area (Å²) in [6.45, 7) is 5.98. The lowest BCUT2D eigenvalue weighted by molar-refractivity contribution is -0.123. The van der Waals surface area contributed by atoms with Crippen LogP contribution in [0.2, 0.25) is 0 Å². The number of fused-ring (bicyclic) bond motifs is 1. The van der Waals surface area contributed by atoms with Crippen LogP contribution in [0.1, 0.15) is 36.5 Å². The summed E-state index contributed by atoms with van der Waals surface area (Å²) in [5.41, 5.74) is 5.34. The number of carbonyl (C=O) groups is 1. The number of aromatic nitrogens is 1. The topological polar surface area (TPSA) is 83.5 Å². The zero-order valence-electron chi connectivity index (χ0n) is 16.2. The Morgan fingerprint density at radius 3 is 2.79 bits per heavy atom. The van der Waals surface area contributed by atoms with Gasteiger partial charge in [-0.15, -0.1) is 0 Å². The second-order valence-corrected chi connectivity index (χ2v) is 6.90. The Hall–Kier alpha value is -3.41. The molecule has 0 spiro atoms. The molecule has 0 atom stereocenters. The summed E-state index contributed by atoms with van der Waals surface area (Å²) < 4.78 is 5.62. The highest BCUT2D eigenvalue weighted by Crippen LogP contribution is 2.24. The first-order valence-electron chi connectivity index (χ1n) is 9.11. The van der Waals surface area contributed by atoms with Crippen molar-refractivity contribution in [3.05, 3.63) is 75.6 Å². The number of amides is 1. The minimum absolute atomic E-state index is 0.159. The minimum Gasteiger partial charge on any atom is -0.483 e. The largest absolute Gasteiger partial charge is 0.483 e. The molecule has 28 heavy (non-hydrogen) atoms. The average Bonchev–Trinajstić information content (AvgIpc) is 2.67. The smallest absolute Gasteiger partial charge is 0.277 e. The van der Waals surface area contributed by atoms with Gasteiger partial charge in [-0.2, -0.15) is 5.10 Å². The van der Waals surface area contributed by atoms with Gasteiger partial charge in [0.1, 0.15) is 5.75 Å². The highest BCUT2D eigenvalue weighted by molar-refractivity contribution is 5.88. The Morgan fingerprint density at radius 2 is 2.00 bits per heavy atom. The van der Waals surface area contributed by atoms with Crippen LogP contribution in [-0.4, -0.2) is 23.7 Å². The maximum Gasteiger partial charge on any atom is 0.277 e. The molecule has 6 nitrogen and oxygen atoms in total. The second-order valence-electron chi connectivity index (χ2n) is 6.90. The number of nitrogens with one attached hydrogen (secondary N) is 2. The van der Waals surface area contributed by atoms with Gasteiger partial charge >= 0.3 is 0 Å². The van der Waals surface area contributed by atoms with Gasteiger partial charge in [0.05, 0.1) is 11.8 Å². The molecule has 0 radical (unpaired) electrons. The van der Waals surface area contributed by atoms with Gasteiger partial charge in [-0.05, 0) is 47.6 Å². The highest BCUT2D eigenvalue weighted by atomic mass is 16.5. The number of benzene rings is 2. The summed E-state index contributed by atoms with van der Waals surface area (Å²) in [5.74, 6) is 0.653. The maximum atomic E-state index is 12.1. The molecule has 0 unspecified atom stereocenters. The molecule has 0 aliphatic carbocycles. The number of nitrogens with zero attached hydrogens (tertiary/aromatic N) is 1. The standard InChI is InChI=1S/C22H23N3O3/c1-14(2)16-9-8-15(3)20(11-16)28-13-21(26)25-23-12-18-10-17-6-4-5-7-19(17)24-22(18)27/h4-12,14H,13H2,1-3H3,(H,24,27)(H,25,26)/b23-12-. The van der Waals surface area contributed by atoms with Crippen LogP contribution in [0.5, 0.6) is 5.75 Å². The fourth-order valence-electron chi connectivity index (χ4n) is 2.74. The first-order chi connectivity index (χ1) is 13.4. The van der Waals surface area contributed by atoms with Crippen molar-refractivity contribution in [3.63, 3.8) is 0 Å². The Kier molecular flexibility index (Phi) is 5.89. The quantitative estimate of drug-likeness (QED) is 0.509. The zero-order chi connectivity index (χ0) is 20.1. The molecule has 144 valence electrons. The van der Waals surface area contributed by atoms with Crippen LogP contribution in [0.3, 0.4) is 0 Å². The lowest BCUT2D eigenvalue weighted by Gasteiger charge is -2.12. The molecule has 1 amide bonds. The fourth-order valence-corrected chi connectivity index (χ4v) is 2.74. The zero-order valence-corrected chi connectivity index (χ0v) is 16.2. The van der Waals surface area contributed by atoms with Gasteiger partial charge in [0.25, 0.3) is 11.5 Å². The van der Waals surface area contributed by atoms with Gasteiger partial charge in [-0.3, -0.25) is 9.59 Å². The third-order valence-electron chi connectivity index (χ3n) is 4.41. The lowest BCUT2D eigenvalue weighted by Crippen LogP contribution is -2.25. The molecule has 0 aliphatic heterocycles. The van der Waals surface area contributed by atoms with E-state index < -0.39 is 5.91 Å². The van der Waals surface area contributed by atoms with Gasteiger partial charge < -0.3 is 9.72 Å². The monoisotopic (exact) mass is 377 g/mol. The summed E-state index contributed by atoms with van der Waals surface area (Å²) in [4.78, 5) is 26.8. The predicted octanol–water partition coefficient (Wildman–Crippen LogP) is 3.49. The molecular weight excluding hydrogens is 354 g/mol. The summed E-state index contributed by atoms with van der Waals surface area (Å²) in [5, 5.41) is 4.75. The van der Waals surface area contributed by atoms with Gasteiger partial charge in [-0.25, -0.2) is 5.43 Å². The number of rotatable bonds is 6. The van der Waals surface area contributed by atoms with Crippen LogP contribution < -0.4 is 15.7 Å². The Labute approximate surface area is 163 Å². The molecule has 0 saturated carbocycles. The van der Waals surface area contributed by atoms with Crippen molar-refractivity contribution in [2.24, 2.45) is 5.10 Å². The molecule has 3 rings (SSSR count). The van der Waals surface area contributed by atoms with E-state index in [1.165, 1.54) is 6.21 Å². The summed E-state index contributed by atoms with van der Waals surface area (Å²) in [6, 6.07) is 15.2. The van der Waals surface area contributed by atoms with Gasteiger partial charge in [-0.1, -0.05) is 44.2 Å². The molecule has 3 aromatic rings. The van der Waals surface area contributed by atoms with E-state index in [2.05, 4.69) is 35.4 Å². The first-order valence-corrected chi connectivity index (χ1v) is 9.11. The number of ether oxygens (including phenoxy) is 1. The van der Waals surface area contributed by atoms with Gasteiger partial charge in [0.15, 0.2) is 6.61 Å². The minimum atomic E-state index is -0.400. The highest BCUT2D eigenvalue weighted by Gasteiger charge is 2.07. The molecule has 0 saturated heterocycles. The van der Waals surface area contributed by atoms with E-state index in [0.717, 1.165) is 22.0 Å². The maximum absolute atomic E-state index is 12.1. The van der Waals surface area contributed by atoms with Gasteiger partial charge in [0, 0.05) is 5.52 Å². The molecule has 2 aromatic carbocycles. The van der Waals surface area contributed by atoms with Crippen LogP contribution in [-0.2, 0) is 4.79 Å². The van der Waals surface area contributed by atoms with Crippen molar-refractivity contribution in [2.45, 2.75) is 26.7 Å². The van der Waals surface area contributed by atoms with Crippen LogP contribution in [0.4, 0.5) is 0 Å². The van der Waals surface area contributed by atoms with E-state index in [1.807, 2.05) is 43.3 Å². The van der Waals surface area contributed by atoms with E-state index in [0.29, 0.717) is 17.2 Å². The van der Waals surface area contributed by atoms with Gasteiger partial charge in [0.2, 0.25) is 0 Å². The molecule has 0 bridgehead atoms. The number of hydrogen-bond donors (Lipinski definition) is 2.